The van der Waals surface area contributed by atoms with Crippen LogP contribution in [0.4, 0.5) is 0 Å². The van der Waals surface area contributed by atoms with E-state index in [4.69, 9.17) is 0 Å². The lowest BCUT2D eigenvalue weighted by atomic mass is 9.98. The third-order valence-electron chi connectivity index (χ3n) is 4.53. The quantitative estimate of drug-likeness (QED) is 0.864. The molecule has 0 bridgehead atoms. The molecule has 1 aromatic carbocycles. The normalized spacial score (nSPS) is 35.6. The summed E-state index contributed by atoms with van der Waals surface area (Å²) in [5.41, 5.74) is 0.829. The van der Waals surface area contributed by atoms with E-state index in [2.05, 4.69) is 24.0 Å². The first kappa shape index (κ1) is 10.8. The molecule has 3 heteroatoms. The van der Waals surface area contributed by atoms with Crippen LogP contribution >= 0.6 is 0 Å². The zero-order chi connectivity index (χ0) is 12.0. The van der Waals surface area contributed by atoms with Gasteiger partial charge in [0, 0.05) is 19.1 Å². The summed E-state index contributed by atoms with van der Waals surface area (Å²) in [4.78, 5) is 13.6. The van der Waals surface area contributed by atoms with E-state index in [-0.39, 0.29) is 6.04 Å². The number of carbonyl (C=O) groups is 1. The molecule has 1 saturated heterocycles. The van der Waals surface area contributed by atoms with Gasteiger partial charge in [0.25, 0.3) is 0 Å². The van der Waals surface area contributed by atoms with Crippen LogP contribution in [-0.2, 0) is 11.3 Å². The Bertz CT molecular complexity index is 445. The molecule has 0 radical (unpaired) electrons. The minimum absolute atomic E-state index is 0.158. The zero-order valence-electron chi connectivity index (χ0n) is 9.97. The topological polar surface area (TPSA) is 40.5 Å². The summed E-state index contributed by atoms with van der Waals surface area (Å²) in [7, 11) is 0. The van der Waals surface area contributed by atoms with Gasteiger partial charge < -0.3 is 5.11 Å². The summed E-state index contributed by atoms with van der Waals surface area (Å²) in [5.74, 6) is -0.232. The molecule has 3 unspecified atom stereocenters. The Morgan fingerprint density at radius 1 is 1.47 bits per heavy atom. The predicted octanol–water partition coefficient (Wildman–Crippen LogP) is 1.98. The van der Waals surface area contributed by atoms with Crippen LogP contribution < -0.4 is 0 Å². The molecule has 0 aromatic heterocycles. The van der Waals surface area contributed by atoms with Gasteiger partial charge in [0.15, 0.2) is 0 Å². The van der Waals surface area contributed by atoms with Gasteiger partial charge in [-0.15, -0.1) is 0 Å². The van der Waals surface area contributed by atoms with Gasteiger partial charge in [0.1, 0.15) is 0 Å². The Hall–Kier alpha value is -1.35. The maximum atomic E-state index is 11.3. The van der Waals surface area contributed by atoms with Crippen LogP contribution in [0.5, 0.6) is 0 Å². The molecule has 0 spiro atoms. The standard InChI is InChI=1S/C14H17NO2/c1-10-14(13(16)17)7-12(14)9-15(10)8-11-5-3-2-4-6-11/h2-6,10,12H,7-9H2,1H3,(H,16,17). The van der Waals surface area contributed by atoms with Crippen molar-refractivity contribution in [2.24, 2.45) is 11.3 Å². The second-order valence-electron chi connectivity index (χ2n) is 5.34. The van der Waals surface area contributed by atoms with Crippen LogP contribution in [0, 0.1) is 11.3 Å². The molecule has 1 saturated carbocycles. The highest BCUT2D eigenvalue weighted by atomic mass is 16.4. The van der Waals surface area contributed by atoms with Crippen molar-refractivity contribution in [3.63, 3.8) is 0 Å². The van der Waals surface area contributed by atoms with Crippen molar-refractivity contribution < 1.29 is 9.90 Å². The number of aliphatic carboxylic acids is 1. The summed E-state index contributed by atoms with van der Waals surface area (Å²) in [6.07, 6.45) is 0.870. The van der Waals surface area contributed by atoms with Crippen molar-refractivity contribution in [3.05, 3.63) is 35.9 Å². The van der Waals surface area contributed by atoms with E-state index in [9.17, 15) is 9.90 Å². The number of carboxylic acids is 1. The van der Waals surface area contributed by atoms with Crippen molar-refractivity contribution in [3.8, 4) is 0 Å². The Morgan fingerprint density at radius 2 is 2.18 bits per heavy atom. The van der Waals surface area contributed by atoms with Crippen molar-refractivity contribution >= 4 is 5.97 Å². The van der Waals surface area contributed by atoms with Gasteiger partial charge in [-0.25, -0.2) is 0 Å². The molecule has 1 aliphatic heterocycles. The number of likely N-dealkylation sites (tertiary alicyclic amines) is 1. The second kappa shape index (κ2) is 3.57. The molecule has 2 aliphatic rings. The highest BCUT2D eigenvalue weighted by Crippen LogP contribution is 2.61. The number of fused-ring (bicyclic) bond motifs is 1. The average molecular weight is 231 g/mol. The van der Waals surface area contributed by atoms with E-state index < -0.39 is 11.4 Å². The van der Waals surface area contributed by atoms with E-state index in [1.54, 1.807) is 0 Å². The molecule has 1 N–H and O–H groups in total. The molecule has 17 heavy (non-hydrogen) atoms. The highest BCUT2D eigenvalue weighted by Gasteiger charge is 2.69. The number of nitrogens with zero attached hydrogens (tertiary/aromatic N) is 1. The summed E-state index contributed by atoms with van der Waals surface area (Å²) >= 11 is 0. The Labute approximate surface area is 101 Å². The lowest BCUT2D eigenvalue weighted by Crippen LogP contribution is -2.37. The van der Waals surface area contributed by atoms with Gasteiger partial charge >= 0.3 is 5.97 Å². The SMILES string of the molecule is CC1N(Cc2ccccc2)CC2CC21C(=O)O. The molecule has 90 valence electrons. The number of hydrogen-bond donors (Lipinski definition) is 1. The van der Waals surface area contributed by atoms with Gasteiger partial charge in [-0.3, -0.25) is 9.69 Å². The van der Waals surface area contributed by atoms with Crippen LogP contribution in [0.2, 0.25) is 0 Å². The predicted molar refractivity (Wildman–Crippen MR) is 64.5 cm³/mol. The average Bonchev–Trinajstić information content (AvgIpc) is 2.98. The highest BCUT2D eigenvalue weighted by molar-refractivity contribution is 5.80. The van der Waals surface area contributed by atoms with Crippen LogP contribution in [-0.4, -0.2) is 28.6 Å². The second-order valence-corrected chi connectivity index (χ2v) is 5.34. The van der Waals surface area contributed by atoms with Crippen molar-refractivity contribution in [1.29, 1.82) is 0 Å². The van der Waals surface area contributed by atoms with Crippen LogP contribution in [0.25, 0.3) is 0 Å². The van der Waals surface area contributed by atoms with Gasteiger partial charge in [0.2, 0.25) is 0 Å². The fourth-order valence-electron chi connectivity index (χ4n) is 3.31. The van der Waals surface area contributed by atoms with E-state index in [1.165, 1.54) is 5.56 Å². The zero-order valence-corrected chi connectivity index (χ0v) is 9.97. The van der Waals surface area contributed by atoms with E-state index in [1.807, 2.05) is 18.2 Å². The van der Waals surface area contributed by atoms with E-state index >= 15 is 0 Å². The first-order valence-corrected chi connectivity index (χ1v) is 6.16. The van der Waals surface area contributed by atoms with Crippen LogP contribution in [0.3, 0.4) is 0 Å². The van der Waals surface area contributed by atoms with Crippen molar-refractivity contribution in [1.82, 2.24) is 4.90 Å². The number of piperidine rings is 1. The fraction of sp³-hybridized carbons (Fsp3) is 0.500. The molecule has 3 rings (SSSR count). The summed E-state index contributed by atoms with van der Waals surface area (Å²) in [6.45, 7) is 3.86. The number of carboxylic acid groups (broad SMARTS) is 1. The molecule has 3 atom stereocenters. The third-order valence-corrected chi connectivity index (χ3v) is 4.53. The first-order chi connectivity index (χ1) is 8.14. The number of benzene rings is 1. The van der Waals surface area contributed by atoms with E-state index in [0.29, 0.717) is 5.92 Å². The van der Waals surface area contributed by atoms with Crippen LogP contribution in [0.15, 0.2) is 30.3 Å². The van der Waals surface area contributed by atoms with Crippen molar-refractivity contribution in [2.45, 2.75) is 25.9 Å². The maximum Gasteiger partial charge on any atom is 0.311 e. The Balaban J connectivity index is 1.74. The van der Waals surface area contributed by atoms with E-state index in [0.717, 1.165) is 19.5 Å². The first-order valence-electron chi connectivity index (χ1n) is 6.16. The summed E-state index contributed by atoms with van der Waals surface area (Å²) < 4.78 is 0. The maximum absolute atomic E-state index is 11.3. The molecule has 0 amide bonds. The van der Waals surface area contributed by atoms with Gasteiger partial charge in [-0.05, 0) is 24.8 Å². The number of rotatable bonds is 3. The molecule has 2 fully saturated rings. The molecular weight excluding hydrogens is 214 g/mol. The van der Waals surface area contributed by atoms with Gasteiger partial charge in [-0.2, -0.15) is 0 Å². The number of hydrogen-bond acceptors (Lipinski definition) is 2. The minimum Gasteiger partial charge on any atom is -0.481 e. The minimum atomic E-state index is -0.606. The summed E-state index contributed by atoms with van der Waals surface area (Å²) in [6, 6.07) is 10.4. The Morgan fingerprint density at radius 3 is 2.76 bits per heavy atom. The Kier molecular flexibility index (Phi) is 2.26. The smallest absolute Gasteiger partial charge is 0.311 e. The molecule has 1 aromatic rings. The van der Waals surface area contributed by atoms with Crippen molar-refractivity contribution in [2.75, 3.05) is 6.54 Å². The lowest BCUT2D eigenvalue weighted by Gasteiger charge is -2.27. The van der Waals surface area contributed by atoms with Gasteiger partial charge in [0.05, 0.1) is 5.41 Å². The van der Waals surface area contributed by atoms with Gasteiger partial charge in [-0.1, -0.05) is 30.3 Å². The molecule has 3 nitrogen and oxygen atoms in total. The molecule has 1 aliphatic carbocycles. The molecule has 1 heterocycles. The largest absolute Gasteiger partial charge is 0.481 e. The lowest BCUT2D eigenvalue weighted by molar-refractivity contribution is -0.145. The third kappa shape index (κ3) is 1.49. The monoisotopic (exact) mass is 231 g/mol. The fourth-order valence-corrected chi connectivity index (χ4v) is 3.31. The van der Waals surface area contributed by atoms with Crippen LogP contribution in [0.1, 0.15) is 18.9 Å². The molecular formula is C14H17NO2. The summed E-state index contributed by atoms with van der Waals surface area (Å²) in [5, 5.41) is 9.34.